The van der Waals surface area contributed by atoms with E-state index in [1.165, 1.54) is 11.1 Å². The number of anilines is 1. The molecule has 0 bridgehead atoms. The standard InChI is InChI=1S/C21H24N2O2/c1-3-19-15(2)6-4-7-16(19)12-18(14-24)23-20-9-8-17(13-22-20)21(25)10-5-11-21/h4,6-9,12-14,25H,3,5,10-11H2,1-2H3,(H,22,23)/b18-12+. The third kappa shape index (κ3) is 3.64. The van der Waals surface area contributed by atoms with Gasteiger partial charge in [-0.3, -0.25) is 4.79 Å². The van der Waals surface area contributed by atoms with E-state index in [9.17, 15) is 9.90 Å². The lowest BCUT2D eigenvalue weighted by Crippen LogP contribution is -2.33. The number of aryl methyl sites for hydroxylation is 1. The molecule has 1 aromatic heterocycles. The predicted octanol–water partition coefficient (Wildman–Crippen LogP) is 3.98. The fourth-order valence-electron chi connectivity index (χ4n) is 3.30. The zero-order valence-corrected chi connectivity index (χ0v) is 14.7. The van der Waals surface area contributed by atoms with Crippen molar-refractivity contribution in [2.75, 3.05) is 5.32 Å². The van der Waals surface area contributed by atoms with E-state index in [-0.39, 0.29) is 0 Å². The van der Waals surface area contributed by atoms with Gasteiger partial charge in [0, 0.05) is 11.8 Å². The van der Waals surface area contributed by atoms with Gasteiger partial charge in [-0.1, -0.05) is 31.2 Å². The first-order chi connectivity index (χ1) is 12.1. The normalized spacial score (nSPS) is 16.2. The Balaban J connectivity index is 1.80. The van der Waals surface area contributed by atoms with Crippen LogP contribution in [0.5, 0.6) is 0 Å². The van der Waals surface area contributed by atoms with Crippen LogP contribution in [0.4, 0.5) is 5.82 Å². The molecule has 1 saturated carbocycles. The molecule has 0 amide bonds. The maximum atomic E-state index is 11.5. The molecule has 2 N–H and O–H groups in total. The summed E-state index contributed by atoms with van der Waals surface area (Å²) in [6.07, 6.45) is 7.88. The van der Waals surface area contributed by atoms with Crippen LogP contribution in [0.15, 0.2) is 42.2 Å². The molecule has 1 aliphatic carbocycles. The van der Waals surface area contributed by atoms with Crippen molar-refractivity contribution in [3.8, 4) is 0 Å². The van der Waals surface area contributed by atoms with E-state index in [0.29, 0.717) is 11.5 Å². The number of nitrogens with zero attached hydrogens (tertiary/aromatic N) is 1. The number of carbonyl (C=O) groups excluding carboxylic acids is 1. The van der Waals surface area contributed by atoms with E-state index in [0.717, 1.165) is 43.1 Å². The summed E-state index contributed by atoms with van der Waals surface area (Å²) >= 11 is 0. The van der Waals surface area contributed by atoms with Crippen molar-refractivity contribution in [3.63, 3.8) is 0 Å². The summed E-state index contributed by atoms with van der Waals surface area (Å²) in [6.45, 7) is 4.19. The Bertz CT molecular complexity index is 790. The van der Waals surface area contributed by atoms with Gasteiger partial charge in [-0.15, -0.1) is 0 Å². The van der Waals surface area contributed by atoms with Crippen molar-refractivity contribution in [3.05, 3.63) is 64.5 Å². The molecular weight excluding hydrogens is 312 g/mol. The minimum atomic E-state index is -0.716. The lowest BCUT2D eigenvalue weighted by Gasteiger charge is -2.36. The van der Waals surface area contributed by atoms with Gasteiger partial charge in [-0.2, -0.15) is 0 Å². The van der Waals surface area contributed by atoms with Gasteiger partial charge in [-0.05, 0) is 61.4 Å². The van der Waals surface area contributed by atoms with Gasteiger partial charge in [0.25, 0.3) is 0 Å². The van der Waals surface area contributed by atoms with Crippen molar-refractivity contribution in [2.45, 2.75) is 45.1 Å². The molecule has 0 atom stereocenters. The van der Waals surface area contributed by atoms with Crippen LogP contribution in [-0.2, 0) is 16.8 Å². The Kier molecular flexibility index (Phi) is 5.00. The molecule has 3 rings (SSSR count). The monoisotopic (exact) mass is 336 g/mol. The number of aromatic nitrogens is 1. The van der Waals surface area contributed by atoms with E-state index < -0.39 is 5.60 Å². The van der Waals surface area contributed by atoms with Gasteiger partial charge in [0.2, 0.25) is 0 Å². The van der Waals surface area contributed by atoms with Crippen molar-refractivity contribution in [1.29, 1.82) is 0 Å². The third-order valence-corrected chi connectivity index (χ3v) is 4.99. The Hall–Kier alpha value is -2.46. The molecule has 1 aromatic carbocycles. The van der Waals surface area contributed by atoms with Crippen molar-refractivity contribution >= 4 is 18.2 Å². The molecule has 1 fully saturated rings. The second-order valence-corrected chi connectivity index (χ2v) is 6.66. The average molecular weight is 336 g/mol. The molecule has 0 aliphatic heterocycles. The highest BCUT2D eigenvalue weighted by Gasteiger charge is 2.36. The van der Waals surface area contributed by atoms with Crippen LogP contribution in [0, 0.1) is 6.92 Å². The van der Waals surface area contributed by atoms with Gasteiger partial charge in [0.15, 0.2) is 6.29 Å². The number of nitrogens with one attached hydrogen (secondary N) is 1. The second kappa shape index (κ2) is 7.19. The zero-order chi connectivity index (χ0) is 17.9. The lowest BCUT2D eigenvalue weighted by molar-refractivity contribution is -0.104. The molecule has 4 nitrogen and oxygen atoms in total. The topological polar surface area (TPSA) is 62.2 Å². The van der Waals surface area contributed by atoms with Crippen LogP contribution in [0.2, 0.25) is 0 Å². The number of rotatable bonds is 6. The molecule has 4 heteroatoms. The lowest BCUT2D eigenvalue weighted by atomic mass is 9.76. The number of pyridine rings is 1. The van der Waals surface area contributed by atoms with Gasteiger partial charge >= 0.3 is 0 Å². The van der Waals surface area contributed by atoms with Crippen molar-refractivity contribution in [2.24, 2.45) is 0 Å². The molecule has 1 aliphatic rings. The van der Waals surface area contributed by atoms with Gasteiger partial charge < -0.3 is 10.4 Å². The highest BCUT2D eigenvalue weighted by atomic mass is 16.3. The Morgan fingerprint density at radius 3 is 2.68 bits per heavy atom. The SMILES string of the molecule is CCc1c(C)cccc1/C=C(\C=O)Nc1ccc(C2(O)CCC2)cn1. The molecular formula is C21H24N2O2. The highest BCUT2D eigenvalue weighted by Crippen LogP contribution is 2.40. The maximum absolute atomic E-state index is 11.5. The summed E-state index contributed by atoms with van der Waals surface area (Å²) in [5, 5.41) is 13.4. The van der Waals surface area contributed by atoms with Gasteiger partial charge in [-0.25, -0.2) is 4.98 Å². The first kappa shape index (κ1) is 17.4. The zero-order valence-electron chi connectivity index (χ0n) is 14.7. The summed E-state index contributed by atoms with van der Waals surface area (Å²) in [6, 6.07) is 9.77. The van der Waals surface area contributed by atoms with Gasteiger partial charge in [0.1, 0.15) is 5.82 Å². The molecule has 25 heavy (non-hydrogen) atoms. The van der Waals surface area contributed by atoms with Gasteiger partial charge in [0.05, 0.1) is 11.3 Å². The van der Waals surface area contributed by atoms with Crippen molar-refractivity contribution in [1.82, 2.24) is 4.98 Å². The summed E-state index contributed by atoms with van der Waals surface area (Å²) in [7, 11) is 0. The van der Waals surface area contributed by atoms with Crippen LogP contribution in [0.3, 0.4) is 0 Å². The number of hydrogen-bond acceptors (Lipinski definition) is 4. The number of aliphatic hydroxyl groups is 1. The van der Waals surface area contributed by atoms with Crippen LogP contribution in [0.1, 0.15) is 48.4 Å². The summed E-state index contributed by atoms with van der Waals surface area (Å²) in [4.78, 5) is 15.8. The smallest absolute Gasteiger partial charge is 0.166 e. The molecule has 0 unspecified atom stereocenters. The van der Waals surface area contributed by atoms with Crippen LogP contribution in [-0.4, -0.2) is 16.4 Å². The minimum absolute atomic E-state index is 0.461. The Morgan fingerprint density at radius 2 is 2.12 bits per heavy atom. The number of benzene rings is 1. The molecule has 0 radical (unpaired) electrons. The average Bonchev–Trinajstić information content (AvgIpc) is 2.60. The first-order valence-corrected chi connectivity index (χ1v) is 8.77. The first-order valence-electron chi connectivity index (χ1n) is 8.77. The molecule has 0 spiro atoms. The van der Waals surface area contributed by atoms with E-state index in [1.54, 1.807) is 12.3 Å². The van der Waals surface area contributed by atoms with Crippen molar-refractivity contribution < 1.29 is 9.90 Å². The number of hydrogen-bond donors (Lipinski definition) is 2. The number of allylic oxidation sites excluding steroid dienone is 1. The van der Waals surface area contributed by atoms with E-state index in [4.69, 9.17) is 0 Å². The summed E-state index contributed by atoms with van der Waals surface area (Å²) < 4.78 is 0. The molecule has 1 heterocycles. The largest absolute Gasteiger partial charge is 0.385 e. The van der Waals surface area contributed by atoms with Crippen LogP contribution < -0.4 is 5.32 Å². The summed E-state index contributed by atoms with van der Waals surface area (Å²) in [5.74, 6) is 0.593. The highest BCUT2D eigenvalue weighted by molar-refractivity contribution is 5.86. The quantitative estimate of drug-likeness (QED) is 0.619. The van der Waals surface area contributed by atoms with Crippen LogP contribution >= 0.6 is 0 Å². The summed E-state index contributed by atoms with van der Waals surface area (Å²) in [5.41, 5.74) is 4.08. The molecule has 0 saturated heterocycles. The Labute approximate surface area is 148 Å². The predicted molar refractivity (Wildman–Crippen MR) is 100 cm³/mol. The third-order valence-electron chi connectivity index (χ3n) is 4.99. The maximum Gasteiger partial charge on any atom is 0.166 e. The molecule has 2 aromatic rings. The van der Waals surface area contributed by atoms with E-state index in [1.807, 2.05) is 24.3 Å². The fourth-order valence-corrected chi connectivity index (χ4v) is 3.30. The minimum Gasteiger partial charge on any atom is -0.385 e. The van der Waals surface area contributed by atoms with Crippen LogP contribution in [0.25, 0.3) is 6.08 Å². The van der Waals surface area contributed by atoms with E-state index >= 15 is 0 Å². The Morgan fingerprint density at radius 1 is 1.32 bits per heavy atom. The second-order valence-electron chi connectivity index (χ2n) is 6.66. The number of aldehydes is 1. The fraction of sp³-hybridized carbons (Fsp3) is 0.333. The molecule has 130 valence electrons. The number of carbonyl (C=O) groups is 1. The van der Waals surface area contributed by atoms with E-state index in [2.05, 4.69) is 30.2 Å².